The molecule has 0 bridgehead atoms. The third kappa shape index (κ3) is 7.21. The zero-order chi connectivity index (χ0) is 18.1. The van der Waals surface area contributed by atoms with E-state index in [2.05, 4.69) is 38.3 Å². The lowest BCUT2D eigenvalue weighted by molar-refractivity contribution is 0.207. The molecule has 0 aliphatic heterocycles. The van der Waals surface area contributed by atoms with E-state index in [-0.39, 0.29) is 0 Å². The van der Waals surface area contributed by atoms with Gasteiger partial charge in [0.05, 0.1) is 0 Å². The van der Waals surface area contributed by atoms with Crippen molar-refractivity contribution in [2.75, 3.05) is 13.1 Å². The Hall–Kier alpha value is -0.0800. The fraction of sp³-hybridized carbons (Fsp3) is 1.00. The molecule has 148 valence electrons. The van der Waals surface area contributed by atoms with Crippen molar-refractivity contribution in [1.29, 1.82) is 0 Å². The van der Waals surface area contributed by atoms with E-state index < -0.39 is 0 Å². The highest BCUT2D eigenvalue weighted by Gasteiger charge is 2.27. The first kappa shape index (κ1) is 21.2. The van der Waals surface area contributed by atoms with Crippen molar-refractivity contribution in [2.45, 2.75) is 110 Å². The standard InChI is InChI=1S/C23H46N2/c1-18-12-10-13-19(2)22(18)24-16-8-6-5-7-9-17-25-23-20(3)14-11-15-21(23)4/h18-25H,5-17H2,1-4H3. The molecule has 2 heteroatoms. The SMILES string of the molecule is CC1CCCC(C)C1NCCCCCCCNC1C(C)CCCC1C. The fourth-order valence-corrected chi connectivity index (χ4v) is 5.49. The van der Waals surface area contributed by atoms with Crippen LogP contribution in [0.25, 0.3) is 0 Å². The van der Waals surface area contributed by atoms with Crippen LogP contribution in [0.5, 0.6) is 0 Å². The Morgan fingerprint density at radius 3 is 1.20 bits per heavy atom. The lowest BCUT2D eigenvalue weighted by Gasteiger charge is -2.35. The monoisotopic (exact) mass is 350 g/mol. The fourth-order valence-electron chi connectivity index (χ4n) is 5.49. The van der Waals surface area contributed by atoms with Crippen molar-refractivity contribution in [1.82, 2.24) is 10.6 Å². The molecule has 2 fully saturated rings. The summed E-state index contributed by atoms with van der Waals surface area (Å²) in [6, 6.07) is 1.55. The van der Waals surface area contributed by atoms with E-state index in [0.717, 1.165) is 35.8 Å². The average molecular weight is 351 g/mol. The molecule has 0 heterocycles. The lowest BCUT2D eigenvalue weighted by atomic mass is 9.78. The van der Waals surface area contributed by atoms with Crippen molar-refractivity contribution in [2.24, 2.45) is 23.7 Å². The predicted molar refractivity (Wildman–Crippen MR) is 111 cm³/mol. The number of rotatable bonds is 10. The molecule has 0 radical (unpaired) electrons. The zero-order valence-electron chi connectivity index (χ0n) is 17.7. The van der Waals surface area contributed by atoms with E-state index in [1.54, 1.807) is 0 Å². The maximum atomic E-state index is 3.86. The van der Waals surface area contributed by atoms with E-state index in [0.29, 0.717) is 0 Å². The smallest absolute Gasteiger partial charge is 0.0118 e. The highest BCUT2D eigenvalue weighted by molar-refractivity contribution is 4.84. The predicted octanol–water partition coefficient (Wildman–Crippen LogP) is 5.77. The first-order valence-electron chi connectivity index (χ1n) is 11.6. The molecule has 0 aromatic heterocycles. The van der Waals surface area contributed by atoms with Gasteiger partial charge in [0.25, 0.3) is 0 Å². The molecule has 0 saturated heterocycles. The van der Waals surface area contributed by atoms with Crippen LogP contribution in [0.1, 0.15) is 98.3 Å². The van der Waals surface area contributed by atoms with Gasteiger partial charge in [-0.2, -0.15) is 0 Å². The summed E-state index contributed by atoms with van der Waals surface area (Å²) in [7, 11) is 0. The average Bonchev–Trinajstić information content (AvgIpc) is 2.57. The topological polar surface area (TPSA) is 24.1 Å². The van der Waals surface area contributed by atoms with Gasteiger partial charge in [-0.05, 0) is 75.3 Å². The number of nitrogens with one attached hydrogen (secondary N) is 2. The molecule has 2 nitrogen and oxygen atoms in total. The highest BCUT2D eigenvalue weighted by atomic mass is 14.9. The molecule has 0 amide bonds. The van der Waals surface area contributed by atoms with Crippen molar-refractivity contribution >= 4 is 0 Å². The molecule has 2 N–H and O–H groups in total. The summed E-state index contributed by atoms with van der Waals surface area (Å²) in [5.74, 6) is 3.50. The van der Waals surface area contributed by atoms with Crippen molar-refractivity contribution in [3.8, 4) is 0 Å². The molecule has 0 spiro atoms. The Morgan fingerprint density at radius 1 is 0.520 bits per heavy atom. The number of hydrogen-bond donors (Lipinski definition) is 2. The van der Waals surface area contributed by atoms with Gasteiger partial charge in [-0.15, -0.1) is 0 Å². The largest absolute Gasteiger partial charge is 0.313 e. The van der Waals surface area contributed by atoms with E-state index in [9.17, 15) is 0 Å². The maximum Gasteiger partial charge on any atom is 0.0118 e. The normalized spacial score (nSPS) is 36.5. The Morgan fingerprint density at radius 2 is 0.840 bits per heavy atom. The van der Waals surface area contributed by atoms with Crippen molar-refractivity contribution in [3.05, 3.63) is 0 Å². The highest BCUT2D eigenvalue weighted by Crippen LogP contribution is 2.29. The minimum atomic E-state index is 0.775. The second-order valence-electron chi connectivity index (χ2n) is 9.50. The van der Waals surface area contributed by atoms with E-state index in [1.807, 2.05) is 0 Å². The molecule has 0 aromatic carbocycles. The number of hydrogen-bond acceptors (Lipinski definition) is 2. The van der Waals surface area contributed by atoms with Crippen LogP contribution >= 0.6 is 0 Å². The molecule has 2 aliphatic rings. The summed E-state index contributed by atoms with van der Waals surface area (Å²) in [4.78, 5) is 0. The molecule has 2 rings (SSSR count). The van der Waals surface area contributed by atoms with Gasteiger partial charge in [0, 0.05) is 12.1 Å². The summed E-state index contributed by atoms with van der Waals surface area (Å²) in [6.45, 7) is 12.2. The van der Waals surface area contributed by atoms with Gasteiger partial charge in [-0.1, -0.05) is 59.8 Å². The van der Waals surface area contributed by atoms with Crippen LogP contribution in [0.3, 0.4) is 0 Å². The Labute approximate surface area is 158 Å². The Kier molecular flexibility index (Phi) is 9.84. The third-order valence-electron chi connectivity index (χ3n) is 7.20. The van der Waals surface area contributed by atoms with Crippen LogP contribution in [0.4, 0.5) is 0 Å². The summed E-state index contributed by atoms with van der Waals surface area (Å²) >= 11 is 0. The van der Waals surface area contributed by atoms with Crippen molar-refractivity contribution < 1.29 is 0 Å². The van der Waals surface area contributed by atoms with E-state index in [4.69, 9.17) is 0 Å². The van der Waals surface area contributed by atoms with Crippen LogP contribution in [-0.4, -0.2) is 25.2 Å². The van der Waals surface area contributed by atoms with Gasteiger partial charge >= 0.3 is 0 Å². The third-order valence-corrected chi connectivity index (χ3v) is 7.20. The second kappa shape index (κ2) is 11.6. The summed E-state index contributed by atoms with van der Waals surface area (Å²) < 4.78 is 0. The lowest BCUT2D eigenvalue weighted by Crippen LogP contribution is -2.43. The second-order valence-corrected chi connectivity index (χ2v) is 9.50. The molecule has 4 atom stereocenters. The summed E-state index contributed by atoms with van der Waals surface area (Å²) in [5, 5.41) is 7.73. The van der Waals surface area contributed by atoms with Crippen LogP contribution in [0, 0.1) is 23.7 Å². The Balaban J connectivity index is 1.43. The molecule has 25 heavy (non-hydrogen) atoms. The first-order valence-corrected chi connectivity index (χ1v) is 11.6. The van der Waals surface area contributed by atoms with Crippen LogP contribution in [0.15, 0.2) is 0 Å². The van der Waals surface area contributed by atoms with Gasteiger partial charge in [0.1, 0.15) is 0 Å². The summed E-state index contributed by atoms with van der Waals surface area (Å²) in [6.07, 6.45) is 15.5. The van der Waals surface area contributed by atoms with E-state index in [1.165, 1.54) is 83.7 Å². The van der Waals surface area contributed by atoms with Gasteiger partial charge in [0.2, 0.25) is 0 Å². The van der Waals surface area contributed by atoms with Crippen LogP contribution in [0.2, 0.25) is 0 Å². The molecule has 2 saturated carbocycles. The van der Waals surface area contributed by atoms with Crippen LogP contribution in [-0.2, 0) is 0 Å². The van der Waals surface area contributed by atoms with Gasteiger partial charge in [-0.25, -0.2) is 0 Å². The first-order chi connectivity index (χ1) is 12.1. The minimum Gasteiger partial charge on any atom is -0.313 e. The minimum absolute atomic E-state index is 0.775. The molecule has 0 aromatic rings. The van der Waals surface area contributed by atoms with Gasteiger partial charge < -0.3 is 10.6 Å². The number of unbranched alkanes of at least 4 members (excludes halogenated alkanes) is 4. The molecule has 2 aliphatic carbocycles. The molecule has 4 unspecified atom stereocenters. The zero-order valence-corrected chi connectivity index (χ0v) is 17.7. The molecular formula is C23H46N2. The van der Waals surface area contributed by atoms with E-state index >= 15 is 0 Å². The van der Waals surface area contributed by atoms with Crippen molar-refractivity contribution in [3.63, 3.8) is 0 Å². The van der Waals surface area contributed by atoms with Gasteiger partial charge in [0.15, 0.2) is 0 Å². The van der Waals surface area contributed by atoms with Gasteiger partial charge in [-0.3, -0.25) is 0 Å². The van der Waals surface area contributed by atoms with Crippen LogP contribution < -0.4 is 10.6 Å². The molecular weight excluding hydrogens is 304 g/mol. The maximum absolute atomic E-state index is 3.86. The summed E-state index contributed by atoms with van der Waals surface area (Å²) in [5.41, 5.74) is 0. The Bertz CT molecular complexity index is 291. The quantitative estimate of drug-likeness (QED) is 0.489.